The molecule has 0 aliphatic carbocycles. The molecule has 0 aromatic heterocycles. The van der Waals surface area contributed by atoms with E-state index in [0.717, 1.165) is 30.6 Å². The molecule has 2 N–H and O–H groups in total. The van der Waals surface area contributed by atoms with Crippen molar-refractivity contribution in [3.05, 3.63) is 28.8 Å². The van der Waals surface area contributed by atoms with Gasteiger partial charge < -0.3 is 19.8 Å². The van der Waals surface area contributed by atoms with Crippen LogP contribution in [0.2, 0.25) is 6.32 Å². The van der Waals surface area contributed by atoms with Crippen molar-refractivity contribution in [3.63, 3.8) is 0 Å². The highest BCUT2D eigenvalue weighted by atomic mass is 16.5. The number of hydrogen-bond donors (Lipinski definition) is 2. The maximum Gasteiger partial charge on any atom is 0.310 e. The molecule has 0 bridgehead atoms. The Kier molecular flexibility index (Phi) is 7.32. The smallest absolute Gasteiger partial charge is 0.310 e. The average molecular weight is 345 g/mol. The number of aromatic hydroxyl groups is 1. The molecular formula is C19H28BNO4. The summed E-state index contributed by atoms with van der Waals surface area (Å²) in [6, 6.07) is 4.07. The molecule has 5 nitrogen and oxygen atoms in total. The molecule has 136 valence electrons. The van der Waals surface area contributed by atoms with E-state index < -0.39 is 0 Å². The van der Waals surface area contributed by atoms with Crippen molar-refractivity contribution in [3.8, 4) is 5.75 Å². The highest BCUT2D eigenvalue weighted by Crippen LogP contribution is 2.30. The molecule has 25 heavy (non-hydrogen) atoms. The van der Waals surface area contributed by atoms with Crippen LogP contribution in [0.1, 0.15) is 23.6 Å². The molecule has 1 atom stereocenters. The minimum atomic E-state index is -0.256. The van der Waals surface area contributed by atoms with E-state index in [4.69, 9.17) is 17.7 Å². The summed E-state index contributed by atoms with van der Waals surface area (Å²) >= 11 is 0. The van der Waals surface area contributed by atoms with Gasteiger partial charge in [0, 0.05) is 19.6 Å². The molecule has 1 saturated heterocycles. The molecule has 1 aliphatic heterocycles. The molecule has 1 fully saturated rings. The lowest BCUT2D eigenvalue weighted by molar-refractivity contribution is -0.150. The number of likely N-dealkylation sites (tertiary alicyclic amines) is 1. The number of aliphatic hydroxyl groups is 1. The number of esters is 1. The summed E-state index contributed by atoms with van der Waals surface area (Å²) in [5, 5.41) is 19.0. The van der Waals surface area contributed by atoms with Gasteiger partial charge >= 0.3 is 5.97 Å². The van der Waals surface area contributed by atoms with Crippen molar-refractivity contribution in [1.29, 1.82) is 0 Å². The van der Waals surface area contributed by atoms with Crippen molar-refractivity contribution in [2.75, 3.05) is 32.8 Å². The van der Waals surface area contributed by atoms with E-state index in [9.17, 15) is 9.90 Å². The van der Waals surface area contributed by atoms with Gasteiger partial charge in [0.15, 0.2) is 0 Å². The fourth-order valence-corrected chi connectivity index (χ4v) is 3.39. The molecule has 1 unspecified atom stereocenters. The highest BCUT2D eigenvalue weighted by molar-refractivity contribution is 6.08. The first kappa shape index (κ1) is 19.8. The van der Waals surface area contributed by atoms with Crippen LogP contribution in [0.4, 0.5) is 0 Å². The number of carbonyl (C=O) groups excluding carboxylic acids is 1. The molecule has 0 amide bonds. The number of benzene rings is 1. The quantitative estimate of drug-likeness (QED) is 0.524. The van der Waals surface area contributed by atoms with Crippen molar-refractivity contribution in [1.82, 2.24) is 4.90 Å². The molecule has 1 heterocycles. The summed E-state index contributed by atoms with van der Waals surface area (Å²) in [6.45, 7) is 6.31. The topological polar surface area (TPSA) is 70.0 Å². The van der Waals surface area contributed by atoms with Crippen molar-refractivity contribution < 1.29 is 19.7 Å². The largest absolute Gasteiger partial charge is 0.507 e. The van der Waals surface area contributed by atoms with E-state index in [-0.39, 0.29) is 25.1 Å². The van der Waals surface area contributed by atoms with E-state index in [1.165, 1.54) is 5.56 Å². The number of phenolic OH excluding ortho intramolecular Hbond substituents is 1. The Labute approximate surface area is 151 Å². The number of nitrogens with zero attached hydrogens (tertiary/aromatic N) is 1. The first-order valence-electron chi connectivity index (χ1n) is 8.96. The second kappa shape index (κ2) is 9.25. The third-order valence-electron chi connectivity index (χ3n) is 4.85. The number of rotatable bonds is 9. The number of hydrogen-bond acceptors (Lipinski definition) is 5. The van der Waals surface area contributed by atoms with E-state index >= 15 is 0 Å². The van der Waals surface area contributed by atoms with Crippen LogP contribution < -0.4 is 0 Å². The molecule has 0 spiro atoms. The van der Waals surface area contributed by atoms with Gasteiger partial charge in [-0.05, 0) is 42.4 Å². The maximum atomic E-state index is 11.7. The predicted molar refractivity (Wildman–Crippen MR) is 98.0 cm³/mol. The summed E-state index contributed by atoms with van der Waals surface area (Å²) in [7, 11) is 5.57. The first-order chi connectivity index (χ1) is 12.0. The van der Waals surface area contributed by atoms with Gasteiger partial charge in [-0.15, -0.1) is 0 Å². The highest BCUT2D eigenvalue weighted by Gasteiger charge is 2.30. The molecule has 6 heteroatoms. The minimum absolute atomic E-state index is 0.0642. The van der Waals surface area contributed by atoms with Gasteiger partial charge in [-0.2, -0.15) is 0 Å². The van der Waals surface area contributed by atoms with Crippen LogP contribution in [0.5, 0.6) is 5.75 Å². The van der Waals surface area contributed by atoms with E-state index in [1.54, 1.807) is 0 Å². The van der Waals surface area contributed by atoms with E-state index in [2.05, 4.69) is 11.0 Å². The lowest BCUT2D eigenvalue weighted by atomic mass is 9.87. The van der Waals surface area contributed by atoms with Crippen LogP contribution >= 0.6 is 0 Å². The summed E-state index contributed by atoms with van der Waals surface area (Å²) in [4.78, 5) is 14.0. The fourth-order valence-electron chi connectivity index (χ4n) is 3.39. The summed E-state index contributed by atoms with van der Waals surface area (Å²) in [5.74, 6) is 0.473. The van der Waals surface area contributed by atoms with Gasteiger partial charge in [-0.3, -0.25) is 4.79 Å². The van der Waals surface area contributed by atoms with Gasteiger partial charge in [-0.1, -0.05) is 25.4 Å². The SMILES string of the molecule is [B]CCc1ccc(CC2CN(CC(C)C(=O)OCCO)C2)c(C)c1O. The zero-order valence-electron chi connectivity index (χ0n) is 15.2. The molecule has 0 saturated carbocycles. The number of carbonyl (C=O) groups is 1. The second-order valence-corrected chi connectivity index (χ2v) is 6.98. The van der Waals surface area contributed by atoms with Crippen molar-refractivity contribution >= 4 is 13.8 Å². The third-order valence-corrected chi connectivity index (χ3v) is 4.85. The zero-order chi connectivity index (χ0) is 18.4. The Morgan fingerprint density at radius 3 is 2.72 bits per heavy atom. The van der Waals surface area contributed by atoms with Crippen LogP contribution in [0.15, 0.2) is 12.1 Å². The number of aryl methyl sites for hydroxylation is 1. The lowest BCUT2D eigenvalue weighted by Gasteiger charge is -2.40. The monoisotopic (exact) mass is 345 g/mol. The Morgan fingerprint density at radius 2 is 2.08 bits per heavy atom. The fraction of sp³-hybridized carbons (Fsp3) is 0.632. The summed E-state index contributed by atoms with van der Waals surface area (Å²) in [6.07, 6.45) is 2.15. The number of aliphatic hydroxyl groups excluding tert-OH is 1. The summed E-state index contributed by atoms with van der Waals surface area (Å²) < 4.78 is 4.95. The predicted octanol–water partition coefficient (Wildman–Crippen LogP) is 1.48. The maximum absolute atomic E-state index is 11.7. The normalized spacial score (nSPS) is 16.4. The van der Waals surface area contributed by atoms with Gasteiger partial charge in [0.05, 0.1) is 20.4 Å². The van der Waals surface area contributed by atoms with Gasteiger partial charge in [-0.25, -0.2) is 0 Å². The Bertz CT molecular complexity index is 587. The molecule has 2 rings (SSSR count). The Hall–Kier alpha value is -1.53. The first-order valence-corrected chi connectivity index (χ1v) is 8.96. The molecule has 1 aromatic carbocycles. The molecule has 2 radical (unpaired) electrons. The van der Waals surface area contributed by atoms with Crippen molar-refractivity contribution in [2.24, 2.45) is 11.8 Å². The zero-order valence-corrected chi connectivity index (χ0v) is 15.2. The van der Waals surface area contributed by atoms with Crippen LogP contribution in [0.25, 0.3) is 0 Å². The second-order valence-electron chi connectivity index (χ2n) is 6.98. The molecule has 1 aromatic rings. The average Bonchev–Trinajstić information content (AvgIpc) is 2.56. The van der Waals surface area contributed by atoms with Gasteiger partial charge in [0.25, 0.3) is 0 Å². The van der Waals surface area contributed by atoms with E-state index in [0.29, 0.717) is 31.0 Å². The van der Waals surface area contributed by atoms with Gasteiger partial charge in [0.2, 0.25) is 0 Å². The Balaban J connectivity index is 1.80. The van der Waals surface area contributed by atoms with Crippen molar-refractivity contribution in [2.45, 2.75) is 33.0 Å². The summed E-state index contributed by atoms with van der Waals surface area (Å²) in [5.41, 5.74) is 3.04. The Morgan fingerprint density at radius 1 is 1.40 bits per heavy atom. The number of phenols is 1. The van der Waals surface area contributed by atoms with Crippen LogP contribution in [0.3, 0.4) is 0 Å². The van der Waals surface area contributed by atoms with Crippen LogP contribution in [-0.2, 0) is 22.4 Å². The third kappa shape index (κ3) is 5.22. The standard InChI is InChI=1S/C19H28BNO4/c1-13(19(24)25-8-7-22)10-21-11-15(12-21)9-17-4-3-16(5-6-20)18(23)14(17)2/h3-4,13,15,22-23H,5-12H2,1-2H3. The van der Waals surface area contributed by atoms with E-state index in [1.807, 2.05) is 19.9 Å². The number of ether oxygens (including phenoxy) is 1. The van der Waals surface area contributed by atoms with Crippen LogP contribution in [-0.4, -0.2) is 61.8 Å². The van der Waals surface area contributed by atoms with Crippen LogP contribution in [0, 0.1) is 18.8 Å². The lowest BCUT2D eigenvalue weighted by Crippen LogP contribution is -2.50. The molecular weight excluding hydrogens is 317 g/mol. The molecule has 1 aliphatic rings. The van der Waals surface area contributed by atoms with Gasteiger partial charge in [0.1, 0.15) is 12.4 Å². The minimum Gasteiger partial charge on any atom is -0.507 e.